The lowest BCUT2D eigenvalue weighted by molar-refractivity contribution is 0.395. The number of hydrogen-bond donors (Lipinski definition) is 0. The van der Waals surface area contributed by atoms with Gasteiger partial charge in [-0.1, -0.05) is 22.6 Å². The lowest BCUT2D eigenvalue weighted by atomic mass is 10.2. The lowest BCUT2D eigenvalue weighted by Gasteiger charge is -2.02. The molecule has 70 valence electrons. The molecule has 0 spiro atoms. The SMILES string of the molecule is COc1cc(/C=C/I)oc(=O)c1C. The Morgan fingerprint density at radius 1 is 1.62 bits per heavy atom. The first-order chi connectivity index (χ1) is 6.19. The molecule has 0 atom stereocenters. The minimum Gasteiger partial charge on any atom is -0.496 e. The van der Waals surface area contributed by atoms with Crippen LogP contribution in [0, 0.1) is 6.92 Å². The Hall–Kier alpha value is -0.780. The highest BCUT2D eigenvalue weighted by molar-refractivity contribution is 14.1. The Labute approximate surface area is 89.5 Å². The fourth-order valence-electron chi connectivity index (χ4n) is 0.907. The second kappa shape index (κ2) is 4.45. The van der Waals surface area contributed by atoms with Gasteiger partial charge in [-0.2, -0.15) is 0 Å². The number of rotatable bonds is 2. The molecule has 0 N–H and O–H groups in total. The van der Waals surface area contributed by atoms with Gasteiger partial charge in [-0.25, -0.2) is 4.79 Å². The van der Waals surface area contributed by atoms with Crippen molar-refractivity contribution in [1.29, 1.82) is 0 Å². The predicted molar refractivity (Wildman–Crippen MR) is 59.3 cm³/mol. The summed E-state index contributed by atoms with van der Waals surface area (Å²) in [6.07, 6.45) is 1.70. The van der Waals surface area contributed by atoms with E-state index in [2.05, 4.69) is 22.6 Å². The van der Waals surface area contributed by atoms with Gasteiger partial charge in [0.25, 0.3) is 0 Å². The lowest BCUT2D eigenvalue weighted by Crippen LogP contribution is -2.05. The van der Waals surface area contributed by atoms with E-state index in [1.165, 1.54) is 7.11 Å². The predicted octanol–water partition coefficient (Wildman–Crippen LogP) is 2.36. The molecule has 0 radical (unpaired) electrons. The molecule has 4 heteroatoms. The molecular weight excluding hydrogens is 283 g/mol. The fraction of sp³-hybridized carbons (Fsp3) is 0.222. The zero-order valence-corrected chi connectivity index (χ0v) is 9.49. The van der Waals surface area contributed by atoms with E-state index in [9.17, 15) is 4.79 Å². The van der Waals surface area contributed by atoms with E-state index in [4.69, 9.17) is 9.15 Å². The molecule has 1 aromatic rings. The highest BCUT2D eigenvalue weighted by Gasteiger charge is 2.05. The monoisotopic (exact) mass is 292 g/mol. The van der Waals surface area contributed by atoms with E-state index in [1.807, 2.05) is 0 Å². The van der Waals surface area contributed by atoms with Crippen LogP contribution in [0.2, 0.25) is 0 Å². The summed E-state index contributed by atoms with van der Waals surface area (Å²) < 4.78 is 11.7. The molecule has 0 aliphatic heterocycles. The van der Waals surface area contributed by atoms with Crippen molar-refractivity contribution in [3.8, 4) is 5.75 Å². The summed E-state index contributed by atoms with van der Waals surface area (Å²) in [5.74, 6) is 1.06. The standard InChI is InChI=1S/C9H9IO3/c1-6-8(12-2)5-7(3-4-10)13-9(6)11/h3-5H,1-2H3/b4-3+. The van der Waals surface area contributed by atoms with E-state index >= 15 is 0 Å². The fourth-order valence-corrected chi connectivity index (χ4v) is 1.26. The zero-order valence-electron chi connectivity index (χ0n) is 7.33. The summed E-state index contributed by atoms with van der Waals surface area (Å²) in [5, 5.41) is 0. The third-order valence-electron chi connectivity index (χ3n) is 1.61. The Morgan fingerprint density at radius 3 is 2.85 bits per heavy atom. The minimum absolute atomic E-state index is 0.358. The van der Waals surface area contributed by atoms with Gasteiger partial charge in [0, 0.05) is 6.07 Å². The van der Waals surface area contributed by atoms with E-state index in [0.717, 1.165) is 0 Å². The summed E-state index contributed by atoms with van der Waals surface area (Å²) in [6.45, 7) is 1.67. The third kappa shape index (κ3) is 2.33. The first-order valence-corrected chi connectivity index (χ1v) is 4.89. The van der Waals surface area contributed by atoms with Crippen LogP contribution < -0.4 is 10.4 Å². The van der Waals surface area contributed by atoms with Gasteiger partial charge in [-0.3, -0.25) is 0 Å². The van der Waals surface area contributed by atoms with Crippen LogP contribution >= 0.6 is 22.6 Å². The number of ether oxygens (including phenoxy) is 1. The van der Waals surface area contributed by atoms with Gasteiger partial charge < -0.3 is 9.15 Å². The Kier molecular flexibility index (Phi) is 3.53. The maximum atomic E-state index is 11.2. The van der Waals surface area contributed by atoms with Crippen molar-refractivity contribution < 1.29 is 9.15 Å². The van der Waals surface area contributed by atoms with Gasteiger partial charge in [0.1, 0.15) is 11.5 Å². The van der Waals surface area contributed by atoms with E-state index in [1.54, 1.807) is 23.1 Å². The van der Waals surface area contributed by atoms with Gasteiger partial charge in [0.15, 0.2) is 0 Å². The Balaban J connectivity index is 3.30. The van der Waals surface area contributed by atoms with Crippen LogP contribution in [0.4, 0.5) is 0 Å². The summed E-state index contributed by atoms with van der Waals surface area (Å²) in [5.41, 5.74) is 0.136. The molecule has 0 unspecified atom stereocenters. The molecule has 0 fully saturated rings. The van der Waals surface area contributed by atoms with Gasteiger partial charge >= 0.3 is 5.63 Å². The molecule has 0 aromatic carbocycles. The van der Waals surface area contributed by atoms with Crippen LogP contribution in [-0.4, -0.2) is 7.11 Å². The molecule has 13 heavy (non-hydrogen) atoms. The topological polar surface area (TPSA) is 39.4 Å². The van der Waals surface area contributed by atoms with Crippen molar-refractivity contribution in [3.05, 3.63) is 31.9 Å². The summed E-state index contributed by atoms with van der Waals surface area (Å²) >= 11 is 2.05. The summed E-state index contributed by atoms with van der Waals surface area (Å²) in [7, 11) is 1.53. The van der Waals surface area contributed by atoms with Crippen LogP contribution in [0.1, 0.15) is 11.3 Å². The van der Waals surface area contributed by atoms with Crippen molar-refractivity contribution in [2.24, 2.45) is 0 Å². The average molecular weight is 292 g/mol. The first-order valence-electron chi connectivity index (χ1n) is 3.64. The number of methoxy groups -OCH3 is 1. The van der Waals surface area contributed by atoms with Crippen molar-refractivity contribution in [2.75, 3.05) is 7.11 Å². The van der Waals surface area contributed by atoms with E-state index in [-0.39, 0.29) is 5.63 Å². The highest BCUT2D eigenvalue weighted by atomic mass is 127. The third-order valence-corrected chi connectivity index (χ3v) is 1.97. The molecule has 1 aromatic heterocycles. The zero-order chi connectivity index (χ0) is 9.84. The van der Waals surface area contributed by atoms with Crippen molar-refractivity contribution in [3.63, 3.8) is 0 Å². The molecule has 0 saturated carbocycles. The first kappa shape index (κ1) is 10.3. The largest absolute Gasteiger partial charge is 0.496 e. The van der Waals surface area contributed by atoms with Crippen molar-refractivity contribution in [2.45, 2.75) is 6.92 Å². The summed E-state index contributed by atoms with van der Waals surface area (Å²) in [6, 6.07) is 1.69. The van der Waals surface area contributed by atoms with Crippen molar-refractivity contribution >= 4 is 28.7 Å². The van der Waals surface area contributed by atoms with Crippen LogP contribution in [0.25, 0.3) is 6.08 Å². The molecule has 0 aliphatic rings. The smallest absolute Gasteiger partial charge is 0.342 e. The number of halogens is 1. The molecule has 1 heterocycles. The maximum absolute atomic E-state index is 11.2. The second-order valence-electron chi connectivity index (χ2n) is 2.42. The minimum atomic E-state index is -0.358. The quantitative estimate of drug-likeness (QED) is 0.786. The number of hydrogen-bond acceptors (Lipinski definition) is 3. The highest BCUT2D eigenvalue weighted by Crippen LogP contribution is 2.16. The second-order valence-corrected chi connectivity index (χ2v) is 3.14. The molecule has 1 rings (SSSR count). The van der Waals surface area contributed by atoms with Crippen LogP contribution in [-0.2, 0) is 0 Å². The average Bonchev–Trinajstić information content (AvgIpc) is 2.11. The molecule has 0 aliphatic carbocycles. The normalized spacial score (nSPS) is 10.7. The Morgan fingerprint density at radius 2 is 2.31 bits per heavy atom. The maximum Gasteiger partial charge on any atom is 0.342 e. The Bertz CT molecular complexity index is 379. The molecule has 3 nitrogen and oxygen atoms in total. The van der Waals surface area contributed by atoms with E-state index < -0.39 is 0 Å². The molecular formula is C9H9IO3. The van der Waals surface area contributed by atoms with Crippen LogP contribution in [0.15, 0.2) is 19.4 Å². The van der Waals surface area contributed by atoms with Crippen molar-refractivity contribution in [1.82, 2.24) is 0 Å². The van der Waals surface area contributed by atoms with Gasteiger partial charge in [-0.15, -0.1) is 0 Å². The van der Waals surface area contributed by atoms with Gasteiger partial charge in [0.2, 0.25) is 0 Å². The van der Waals surface area contributed by atoms with Gasteiger partial charge in [0.05, 0.1) is 12.7 Å². The molecule has 0 saturated heterocycles. The summed E-state index contributed by atoms with van der Waals surface area (Å²) in [4.78, 5) is 11.2. The van der Waals surface area contributed by atoms with E-state index in [0.29, 0.717) is 17.1 Å². The van der Waals surface area contributed by atoms with Crippen LogP contribution in [0.5, 0.6) is 5.75 Å². The van der Waals surface area contributed by atoms with Crippen LogP contribution in [0.3, 0.4) is 0 Å². The molecule has 0 amide bonds. The molecule has 0 bridgehead atoms. The van der Waals surface area contributed by atoms with Gasteiger partial charge in [-0.05, 0) is 17.1 Å².